The topological polar surface area (TPSA) is 99.0 Å². The van der Waals surface area contributed by atoms with Gasteiger partial charge in [-0.2, -0.15) is 5.10 Å². The molecule has 0 aliphatic rings. The highest BCUT2D eigenvalue weighted by Crippen LogP contribution is 2.34. The van der Waals surface area contributed by atoms with E-state index in [0.29, 0.717) is 43.4 Å². The summed E-state index contributed by atoms with van der Waals surface area (Å²) in [6.07, 6.45) is 6.49. The van der Waals surface area contributed by atoms with Crippen LogP contribution in [0.15, 0.2) is 89.3 Å². The molecule has 3 heterocycles. The van der Waals surface area contributed by atoms with Gasteiger partial charge in [0.2, 0.25) is 5.91 Å². The summed E-state index contributed by atoms with van der Waals surface area (Å²) in [6, 6.07) is 15.1. The number of pyridine rings is 2. The van der Waals surface area contributed by atoms with E-state index >= 15 is 4.39 Å². The Morgan fingerprint density at radius 2 is 1.90 bits per heavy atom. The minimum Gasteiger partial charge on any atom is -0.453 e. The number of halogens is 1. The molecule has 0 fully saturated rings. The first-order valence-corrected chi connectivity index (χ1v) is 13.8. The van der Waals surface area contributed by atoms with Crippen LogP contribution in [0, 0.1) is 12.7 Å². The molecule has 1 amide bonds. The van der Waals surface area contributed by atoms with Gasteiger partial charge in [0.25, 0.3) is 0 Å². The zero-order valence-electron chi connectivity index (χ0n) is 22.5. The lowest BCUT2D eigenvalue weighted by molar-refractivity contribution is -0.115. The highest BCUT2D eigenvalue weighted by Gasteiger charge is 2.18. The monoisotopic (exact) mass is 557 g/mol. The lowest BCUT2D eigenvalue weighted by Crippen LogP contribution is -2.22. The van der Waals surface area contributed by atoms with Gasteiger partial charge in [0.15, 0.2) is 11.6 Å². The van der Waals surface area contributed by atoms with Crippen molar-refractivity contribution < 1.29 is 18.1 Å². The van der Waals surface area contributed by atoms with Crippen LogP contribution >= 0.6 is 0 Å². The Kier molecular flexibility index (Phi) is 7.44. The molecule has 3 aromatic heterocycles. The number of ether oxygens (including phenoxy) is 1. The molecule has 40 heavy (non-hydrogen) atoms. The Morgan fingerprint density at radius 1 is 1.07 bits per heavy atom. The molecule has 0 aliphatic heterocycles. The van der Waals surface area contributed by atoms with Crippen molar-refractivity contribution >= 4 is 33.3 Å². The van der Waals surface area contributed by atoms with Gasteiger partial charge in [-0.05, 0) is 81.3 Å². The summed E-state index contributed by atoms with van der Waals surface area (Å²) in [7, 11) is -1.51. The Hall–Kier alpha value is -4.44. The first kappa shape index (κ1) is 27.1. The predicted octanol–water partition coefficient (Wildman–Crippen LogP) is 6.17. The van der Waals surface area contributed by atoms with Gasteiger partial charge in [0.1, 0.15) is 21.6 Å². The van der Waals surface area contributed by atoms with E-state index in [4.69, 9.17) is 4.74 Å². The van der Waals surface area contributed by atoms with Crippen molar-refractivity contribution in [1.82, 2.24) is 19.7 Å². The smallest absolute Gasteiger partial charge is 0.228 e. The van der Waals surface area contributed by atoms with Crippen LogP contribution in [0.1, 0.15) is 31.9 Å². The van der Waals surface area contributed by atoms with Crippen molar-refractivity contribution in [3.63, 3.8) is 0 Å². The van der Waals surface area contributed by atoms with Gasteiger partial charge in [-0.3, -0.25) is 14.5 Å². The zero-order chi connectivity index (χ0) is 28.4. The van der Waals surface area contributed by atoms with Crippen LogP contribution in [0.2, 0.25) is 0 Å². The Balaban J connectivity index is 1.36. The molecule has 0 radical (unpaired) electrons. The first-order valence-electron chi connectivity index (χ1n) is 12.6. The van der Waals surface area contributed by atoms with Crippen molar-refractivity contribution in [2.45, 2.75) is 49.6 Å². The molecule has 10 heteroatoms. The lowest BCUT2D eigenvalue weighted by atomic mass is 10.1. The van der Waals surface area contributed by atoms with Crippen molar-refractivity contribution in [3.8, 4) is 11.5 Å². The quantitative estimate of drug-likeness (QED) is 0.257. The third kappa shape index (κ3) is 5.91. The van der Waals surface area contributed by atoms with Crippen LogP contribution in [-0.2, 0) is 27.6 Å². The van der Waals surface area contributed by atoms with Crippen LogP contribution in [0.4, 0.5) is 10.1 Å². The number of hydrogen-bond acceptors (Lipinski definition) is 6. The average molecular weight is 558 g/mol. The summed E-state index contributed by atoms with van der Waals surface area (Å²) >= 11 is 0. The summed E-state index contributed by atoms with van der Waals surface area (Å²) in [5.41, 5.74) is 2.01. The Bertz CT molecular complexity index is 1710. The van der Waals surface area contributed by atoms with Crippen LogP contribution < -0.4 is 10.1 Å². The van der Waals surface area contributed by atoms with Gasteiger partial charge in [0.05, 0.1) is 29.4 Å². The number of hydrogen-bond donors (Lipinski definition) is 1. The minimum atomic E-state index is -1.51. The highest BCUT2D eigenvalue weighted by atomic mass is 32.2. The number of aryl methyl sites for hydroxylation is 1. The second kappa shape index (κ2) is 11.0. The fourth-order valence-corrected chi connectivity index (χ4v) is 5.19. The maximum atomic E-state index is 15.3. The van der Waals surface area contributed by atoms with E-state index in [9.17, 15) is 9.00 Å². The molecule has 1 unspecified atom stereocenters. The number of nitrogens with one attached hydrogen (secondary N) is 1. The summed E-state index contributed by atoms with van der Waals surface area (Å²) in [5, 5.41) is 8.10. The second-order valence-corrected chi connectivity index (χ2v) is 11.7. The number of aromatic nitrogens is 4. The molecule has 1 atom stereocenters. The van der Waals surface area contributed by atoms with Gasteiger partial charge < -0.3 is 10.1 Å². The first-order chi connectivity index (χ1) is 19.1. The normalized spacial score (nSPS) is 12.3. The molecule has 2 aromatic carbocycles. The Morgan fingerprint density at radius 3 is 2.60 bits per heavy atom. The summed E-state index contributed by atoms with van der Waals surface area (Å²) in [6.45, 7) is 7.75. The summed E-state index contributed by atoms with van der Waals surface area (Å²) in [4.78, 5) is 21.7. The number of carbonyl (C=O) groups excluding carboxylic acids is 1. The number of anilines is 1. The zero-order valence-corrected chi connectivity index (χ0v) is 23.3. The van der Waals surface area contributed by atoms with E-state index in [1.54, 1.807) is 84.9 Å². The van der Waals surface area contributed by atoms with Crippen LogP contribution in [-0.4, -0.2) is 29.9 Å². The van der Waals surface area contributed by atoms with E-state index in [-0.39, 0.29) is 23.6 Å². The molecular formula is C30H28FN5O3S. The largest absolute Gasteiger partial charge is 0.453 e. The fraction of sp³-hybridized carbons (Fsp3) is 0.200. The molecule has 5 rings (SSSR count). The second-order valence-electron chi connectivity index (χ2n) is 10.3. The van der Waals surface area contributed by atoms with E-state index in [1.807, 2.05) is 20.8 Å². The lowest BCUT2D eigenvalue weighted by Gasteiger charge is -2.18. The number of benzene rings is 2. The SMILES string of the molecule is Cc1cc(CC(=O)Nc2cnn(C(C)(C)C)c2)cc(F)c1Oc1ccnc2ccc(S(=O)c3ccccn3)cc12. The maximum absolute atomic E-state index is 15.3. The molecule has 0 aliphatic carbocycles. The standard InChI is InChI=1S/C30H28FN5O3S/c1-19-13-20(15-27(37)35-21-17-34-36(18-21)30(2,3)4)14-24(31)29(19)39-26-10-12-32-25-9-8-22(16-23(25)26)40(38)28-7-5-6-11-33-28/h5-14,16-18H,15H2,1-4H3,(H,35,37). The summed E-state index contributed by atoms with van der Waals surface area (Å²) < 4.78 is 36.1. The van der Waals surface area contributed by atoms with Gasteiger partial charge in [-0.25, -0.2) is 13.6 Å². The molecule has 0 spiro atoms. The number of fused-ring (bicyclic) bond motifs is 1. The number of nitrogens with zero attached hydrogens (tertiary/aromatic N) is 4. The average Bonchev–Trinajstić information content (AvgIpc) is 3.39. The van der Waals surface area contributed by atoms with E-state index < -0.39 is 16.6 Å². The van der Waals surface area contributed by atoms with Crippen molar-refractivity contribution in [3.05, 3.63) is 96.3 Å². The molecule has 204 valence electrons. The van der Waals surface area contributed by atoms with Gasteiger partial charge in [-0.1, -0.05) is 12.1 Å². The van der Waals surface area contributed by atoms with Crippen LogP contribution in [0.5, 0.6) is 11.5 Å². The predicted molar refractivity (Wildman–Crippen MR) is 151 cm³/mol. The van der Waals surface area contributed by atoms with E-state index in [2.05, 4.69) is 20.4 Å². The third-order valence-electron chi connectivity index (χ3n) is 6.13. The Labute approximate surface area is 233 Å². The molecule has 0 saturated carbocycles. The van der Waals surface area contributed by atoms with Crippen LogP contribution in [0.25, 0.3) is 10.9 Å². The van der Waals surface area contributed by atoms with Crippen molar-refractivity contribution in [2.24, 2.45) is 0 Å². The fourth-order valence-electron chi connectivity index (χ4n) is 4.17. The molecular weight excluding hydrogens is 529 g/mol. The van der Waals surface area contributed by atoms with E-state index in [0.717, 1.165) is 0 Å². The summed E-state index contributed by atoms with van der Waals surface area (Å²) in [5.74, 6) is -0.469. The molecule has 1 N–H and O–H groups in total. The molecule has 0 saturated heterocycles. The minimum absolute atomic E-state index is 0.0143. The van der Waals surface area contributed by atoms with E-state index in [1.165, 1.54) is 6.07 Å². The van der Waals surface area contributed by atoms with Gasteiger partial charge >= 0.3 is 0 Å². The van der Waals surface area contributed by atoms with Crippen molar-refractivity contribution in [2.75, 3.05) is 5.32 Å². The number of amides is 1. The third-order valence-corrected chi connectivity index (χ3v) is 7.44. The molecule has 5 aromatic rings. The maximum Gasteiger partial charge on any atom is 0.228 e. The van der Waals surface area contributed by atoms with Crippen molar-refractivity contribution in [1.29, 1.82) is 0 Å². The van der Waals surface area contributed by atoms with Gasteiger partial charge in [-0.15, -0.1) is 0 Å². The number of carbonyl (C=O) groups is 1. The van der Waals surface area contributed by atoms with Crippen LogP contribution in [0.3, 0.4) is 0 Å². The highest BCUT2D eigenvalue weighted by molar-refractivity contribution is 7.85. The molecule has 0 bridgehead atoms. The van der Waals surface area contributed by atoms with Gasteiger partial charge in [0, 0.05) is 28.9 Å². The number of rotatable bonds is 7. The molecule has 8 nitrogen and oxygen atoms in total.